The summed E-state index contributed by atoms with van der Waals surface area (Å²) in [6.07, 6.45) is 6.27. The number of sulfonamides is 1. The van der Waals surface area contributed by atoms with Crippen LogP contribution >= 0.6 is 0 Å². The van der Waals surface area contributed by atoms with E-state index in [9.17, 15) is 18.0 Å². The first kappa shape index (κ1) is 29.5. The van der Waals surface area contributed by atoms with Crippen LogP contribution in [0.15, 0.2) is 48.5 Å². The van der Waals surface area contributed by atoms with Crippen LogP contribution in [0.3, 0.4) is 0 Å². The van der Waals surface area contributed by atoms with Crippen LogP contribution in [0.25, 0.3) is 0 Å². The van der Waals surface area contributed by atoms with E-state index in [-0.39, 0.29) is 30.8 Å². The molecular formula is C29H41N3O5S. The third-order valence-electron chi connectivity index (χ3n) is 7.20. The van der Waals surface area contributed by atoms with Crippen molar-refractivity contribution < 1.29 is 22.7 Å². The first-order chi connectivity index (χ1) is 18.1. The van der Waals surface area contributed by atoms with Crippen molar-refractivity contribution in [3.8, 4) is 5.75 Å². The highest BCUT2D eigenvalue weighted by Gasteiger charge is 2.31. The predicted molar refractivity (Wildman–Crippen MR) is 151 cm³/mol. The number of benzene rings is 2. The van der Waals surface area contributed by atoms with Crippen LogP contribution in [0.1, 0.15) is 63.0 Å². The molecule has 0 unspecified atom stereocenters. The fraction of sp³-hybridized carbons (Fsp3) is 0.517. The lowest BCUT2D eigenvalue weighted by Crippen LogP contribution is -2.51. The zero-order valence-corrected chi connectivity index (χ0v) is 23.8. The van der Waals surface area contributed by atoms with E-state index in [4.69, 9.17) is 4.74 Å². The Morgan fingerprint density at radius 2 is 1.74 bits per heavy atom. The number of carbonyl (C=O) groups is 2. The van der Waals surface area contributed by atoms with Gasteiger partial charge in [0.1, 0.15) is 11.8 Å². The monoisotopic (exact) mass is 543 g/mol. The Balaban J connectivity index is 1.75. The lowest BCUT2D eigenvalue weighted by atomic mass is 10.0. The molecule has 2 aromatic carbocycles. The molecule has 0 heterocycles. The lowest BCUT2D eigenvalue weighted by Gasteiger charge is -2.32. The van der Waals surface area contributed by atoms with E-state index in [1.54, 1.807) is 36.3 Å². The van der Waals surface area contributed by atoms with Gasteiger partial charge in [-0.3, -0.25) is 13.9 Å². The molecule has 208 valence electrons. The highest BCUT2D eigenvalue weighted by atomic mass is 32.2. The number of hydrogen-bond donors (Lipinski definition) is 1. The van der Waals surface area contributed by atoms with E-state index in [1.807, 2.05) is 38.1 Å². The third kappa shape index (κ3) is 7.96. The number of amides is 2. The topological polar surface area (TPSA) is 96.0 Å². The summed E-state index contributed by atoms with van der Waals surface area (Å²) >= 11 is 0. The quantitative estimate of drug-likeness (QED) is 0.404. The molecule has 0 bridgehead atoms. The normalized spacial score (nSPS) is 14.6. The Morgan fingerprint density at radius 1 is 1.08 bits per heavy atom. The first-order valence-corrected chi connectivity index (χ1v) is 15.2. The zero-order chi connectivity index (χ0) is 27.7. The van der Waals surface area contributed by atoms with E-state index in [1.165, 1.54) is 4.31 Å². The Morgan fingerprint density at radius 3 is 2.32 bits per heavy atom. The van der Waals surface area contributed by atoms with Crippen LogP contribution in [-0.2, 0) is 26.2 Å². The smallest absolute Gasteiger partial charge is 0.243 e. The van der Waals surface area contributed by atoms with Crippen molar-refractivity contribution in [2.45, 2.75) is 77.4 Å². The summed E-state index contributed by atoms with van der Waals surface area (Å²) < 4.78 is 31.5. The molecule has 38 heavy (non-hydrogen) atoms. The number of nitrogens with one attached hydrogen (secondary N) is 1. The number of hydrogen-bond acceptors (Lipinski definition) is 5. The Labute approximate surface area is 227 Å². The van der Waals surface area contributed by atoms with Gasteiger partial charge in [0, 0.05) is 25.6 Å². The van der Waals surface area contributed by atoms with Gasteiger partial charge in [-0.15, -0.1) is 0 Å². The molecule has 1 fully saturated rings. The van der Waals surface area contributed by atoms with Crippen molar-refractivity contribution in [1.82, 2.24) is 10.2 Å². The van der Waals surface area contributed by atoms with Gasteiger partial charge in [0.05, 0.1) is 19.1 Å². The molecule has 1 aliphatic carbocycles. The highest BCUT2D eigenvalue weighted by Crippen LogP contribution is 2.23. The highest BCUT2D eigenvalue weighted by molar-refractivity contribution is 7.92. The van der Waals surface area contributed by atoms with E-state index in [0.717, 1.165) is 43.1 Å². The second-order valence-electron chi connectivity index (χ2n) is 10.00. The maximum absolute atomic E-state index is 13.6. The molecule has 3 rings (SSSR count). The summed E-state index contributed by atoms with van der Waals surface area (Å²) in [6.45, 7) is 4.40. The maximum atomic E-state index is 13.6. The van der Waals surface area contributed by atoms with Crippen molar-refractivity contribution >= 4 is 27.5 Å². The molecule has 1 atom stereocenters. The first-order valence-electron chi connectivity index (χ1n) is 13.4. The van der Waals surface area contributed by atoms with Crippen LogP contribution in [0.5, 0.6) is 5.75 Å². The van der Waals surface area contributed by atoms with Crippen LogP contribution in [0.4, 0.5) is 5.69 Å². The molecule has 1 saturated carbocycles. The summed E-state index contributed by atoms with van der Waals surface area (Å²) in [4.78, 5) is 28.6. The van der Waals surface area contributed by atoms with Crippen molar-refractivity contribution in [3.05, 3.63) is 59.7 Å². The van der Waals surface area contributed by atoms with Gasteiger partial charge >= 0.3 is 0 Å². The molecule has 8 nitrogen and oxygen atoms in total. The van der Waals surface area contributed by atoms with Gasteiger partial charge in [-0.05, 0) is 68.0 Å². The lowest BCUT2D eigenvalue weighted by molar-refractivity contribution is -0.141. The molecule has 0 aliphatic heterocycles. The minimum Gasteiger partial charge on any atom is -0.497 e. The van der Waals surface area contributed by atoms with Crippen molar-refractivity contribution in [1.29, 1.82) is 0 Å². The van der Waals surface area contributed by atoms with Gasteiger partial charge in [-0.25, -0.2) is 8.42 Å². The van der Waals surface area contributed by atoms with E-state index in [0.29, 0.717) is 30.8 Å². The SMILES string of the molecule is CC[C@H](C(=O)NC1CCCC1)N(Cc1ccccc1C)C(=O)CCCN(c1ccc(OC)cc1)S(C)(=O)=O. The molecule has 1 aliphatic rings. The number of anilines is 1. The van der Waals surface area contributed by atoms with E-state index >= 15 is 0 Å². The summed E-state index contributed by atoms with van der Waals surface area (Å²) in [5.41, 5.74) is 2.56. The number of carbonyl (C=O) groups excluding carboxylic acids is 2. The number of rotatable bonds is 13. The van der Waals surface area contributed by atoms with E-state index in [2.05, 4.69) is 5.32 Å². The average Bonchev–Trinajstić information content (AvgIpc) is 3.40. The standard InChI is InChI=1S/C29H41N3O5S/c1-5-27(29(34)30-24-13-8-9-14-24)31(21-23-12-7-6-11-22(23)2)28(33)15-10-20-32(38(4,35)36)25-16-18-26(37-3)19-17-25/h6-7,11-12,16-19,24,27H,5,8-10,13-15,20-21H2,1-4H3,(H,30,34)/t27-/m1/s1. The largest absolute Gasteiger partial charge is 0.497 e. The Kier molecular flexibility index (Phi) is 10.6. The molecule has 0 aromatic heterocycles. The fourth-order valence-electron chi connectivity index (χ4n) is 5.01. The van der Waals surface area contributed by atoms with Gasteiger partial charge in [0.2, 0.25) is 21.8 Å². The molecule has 0 spiro atoms. The van der Waals surface area contributed by atoms with Crippen molar-refractivity contribution in [2.75, 3.05) is 24.2 Å². The van der Waals surface area contributed by atoms with Crippen molar-refractivity contribution in [3.63, 3.8) is 0 Å². The van der Waals surface area contributed by atoms with Crippen LogP contribution < -0.4 is 14.4 Å². The number of aryl methyl sites for hydroxylation is 1. The Bertz CT molecular complexity index is 1180. The summed E-state index contributed by atoms with van der Waals surface area (Å²) in [6, 6.07) is 14.2. The molecule has 2 amide bonds. The fourth-order valence-corrected chi connectivity index (χ4v) is 5.98. The second kappa shape index (κ2) is 13.6. The van der Waals surface area contributed by atoms with E-state index < -0.39 is 16.1 Å². The molecule has 9 heteroatoms. The summed E-state index contributed by atoms with van der Waals surface area (Å²) in [5.74, 6) is 0.355. The van der Waals surface area contributed by atoms with Gasteiger partial charge in [-0.1, -0.05) is 44.0 Å². The number of methoxy groups -OCH3 is 1. The average molecular weight is 544 g/mol. The zero-order valence-electron chi connectivity index (χ0n) is 23.0. The van der Waals surface area contributed by atoms with Crippen LogP contribution in [0.2, 0.25) is 0 Å². The number of ether oxygens (including phenoxy) is 1. The van der Waals surface area contributed by atoms with Crippen LogP contribution in [-0.4, -0.2) is 57.1 Å². The molecule has 0 saturated heterocycles. The predicted octanol–water partition coefficient (Wildman–Crippen LogP) is 4.42. The third-order valence-corrected chi connectivity index (χ3v) is 8.40. The van der Waals surface area contributed by atoms with Gasteiger partial charge in [0.15, 0.2) is 0 Å². The minimum absolute atomic E-state index is 0.114. The molecule has 0 radical (unpaired) electrons. The van der Waals surface area contributed by atoms with Gasteiger partial charge in [-0.2, -0.15) is 0 Å². The molecule has 1 N–H and O–H groups in total. The van der Waals surface area contributed by atoms with Crippen molar-refractivity contribution in [2.24, 2.45) is 0 Å². The Hall–Kier alpha value is -3.07. The molecule has 2 aromatic rings. The summed E-state index contributed by atoms with van der Waals surface area (Å²) in [5, 5.41) is 3.16. The van der Waals surface area contributed by atoms with Gasteiger partial charge in [0.25, 0.3) is 0 Å². The van der Waals surface area contributed by atoms with Gasteiger partial charge < -0.3 is 15.0 Å². The minimum atomic E-state index is -3.55. The van der Waals surface area contributed by atoms with Crippen LogP contribution in [0, 0.1) is 6.92 Å². The summed E-state index contributed by atoms with van der Waals surface area (Å²) in [7, 11) is -2.00. The number of nitrogens with zero attached hydrogens (tertiary/aromatic N) is 2. The molecular weight excluding hydrogens is 502 g/mol. The second-order valence-corrected chi connectivity index (χ2v) is 11.9. The maximum Gasteiger partial charge on any atom is 0.243 e.